The van der Waals surface area contributed by atoms with Crippen LogP contribution in [0.4, 0.5) is 0 Å². The van der Waals surface area contributed by atoms with Gasteiger partial charge in [0.2, 0.25) is 10.0 Å². The molecule has 21 heavy (non-hydrogen) atoms. The number of hydrogen-bond acceptors (Lipinski definition) is 4. The van der Waals surface area contributed by atoms with Gasteiger partial charge in [-0.2, -0.15) is 4.31 Å². The largest absolute Gasteiger partial charge is 0.464 e. The molecule has 1 N–H and O–H groups in total. The molecule has 1 aromatic heterocycles. The summed E-state index contributed by atoms with van der Waals surface area (Å²) in [5.41, 5.74) is 0. The number of sulfonamides is 1. The third-order valence-electron chi connectivity index (χ3n) is 3.56. The lowest BCUT2D eigenvalue weighted by Crippen LogP contribution is -2.36. The van der Waals surface area contributed by atoms with Crippen LogP contribution in [0.3, 0.4) is 0 Å². The third kappa shape index (κ3) is 4.56. The summed E-state index contributed by atoms with van der Waals surface area (Å²) in [6, 6.07) is 1.59. The Morgan fingerprint density at radius 1 is 1.33 bits per heavy atom. The molecule has 1 unspecified atom stereocenters. The fourth-order valence-electron chi connectivity index (χ4n) is 2.34. The van der Waals surface area contributed by atoms with Gasteiger partial charge < -0.3 is 9.73 Å². The van der Waals surface area contributed by atoms with E-state index in [1.54, 1.807) is 20.0 Å². The van der Waals surface area contributed by atoms with Gasteiger partial charge in [0.15, 0.2) is 0 Å². The lowest BCUT2D eigenvalue weighted by atomic mass is 10.1. The lowest BCUT2D eigenvalue weighted by Gasteiger charge is -2.25. The second-order valence-electron chi connectivity index (χ2n) is 5.91. The van der Waals surface area contributed by atoms with E-state index in [0.717, 1.165) is 13.0 Å². The van der Waals surface area contributed by atoms with Gasteiger partial charge >= 0.3 is 0 Å². The van der Waals surface area contributed by atoms with Crippen molar-refractivity contribution in [2.75, 3.05) is 13.6 Å². The average molecular weight is 316 g/mol. The molecule has 0 aromatic carbocycles. The first-order valence-electron chi connectivity index (χ1n) is 7.48. The Hall–Kier alpha value is -0.850. The molecule has 0 aliphatic carbocycles. The van der Waals surface area contributed by atoms with E-state index < -0.39 is 10.0 Å². The first-order chi connectivity index (χ1) is 9.70. The molecule has 1 aromatic rings. The molecule has 0 amide bonds. The predicted molar refractivity (Wildman–Crippen MR) is 84.7 cm³/mol. The molecule has 0 radical (unpaired) electrons. The van der Waals surface area contributed by atoms with Crippen molar-refractivity contribution >= 4 is 10.0 Å². The van der Waals surface area contributed by atoms with Crippen LogP contribution in [0.15, 0.2) is 15.4 Å². The number of furan rings is 1. The van der Waals surface area contributed by atoms with Gasteiger partial charge in [0.05, 0.1) is 6.54 Å². The Bertz CT molecular complexity index is 549. The first kappa shape index (κ1) is 18.2. The number of aryl methyl sites for hydroxylation is 1. The minimum Gasteiger partial charge on any atom is -0.464 e. The summed E-state index contributed by atoms with van der Waals surface area (Å²) < 4.78 is 32.4. The van der Waals surface area contributed by atoms with Crippen LogP contribution in [0.5, 0.6) is 0 Å². The highest BCUT2D eigenvalue weighted by molar-refractivity contribution is 7.89. The third-order valence-corrected chi connectivity index (χ3v) is 5.64. The number of hydrogen-bond donors (Lipinski definition) is 1. The topological polar surface area (TPSA) is 62.6 Å². The first-order valence-corrected chi connectivity index (χ1v) is 8.92. The van der Waals surface area contributed by atoms with Crippen molar-refractivity contribution in [2.45, 2.75) is 58.5 Å². The second-order valence-corrected chi connectivity index (χ2v) is 7.88. The Morgan fingerprint density at radius 3 is 2.48 bits per heavy atom. The zero-order valence-corrected chi connectivity index (χ0v) is 14.8. The van der Waals surface area contributed by atoms with Crippen LogP contribution in [0.25, 0.3) is 0 Å². The van der Waals surface area contributed by atoms with Gasteiger partial charge in [0, 0.05) is 19.2 Å². The Kier molecular flexibility index (Phi) is 6.43. The van der Waals surface area contributed by atoms with Gasteiger partial charge in [-0.3, -0.25) is 0 Å². The minimum atomic E-state index is -3.51. The molecule has 1 heterocycles. The van der Waals surface area contributed by atoms with E-state index in [1.165, 1.54) is 4.31 Å². The molecule has 0 aliphatic rings. The normalized spacial score (nSPS) is 14.1. The van der Waals surface area contributed by atoms with Gasteiger partial charge in [-0.05, 0) is 32.7 Å². The van der Waals surface area contributed by atoms with Crippen LogP contribution in [0.2, 0.25) is 0 Å². The molecule has 6 heteroatoms. The van der Waals surface area contributed by atoms with Crippen LogP contribution in [-0.2, 0) is 16.6 Å². The van der Waals surface area contributed by atoms with Crippen molar-refractivity contribution in [1.82, 2.24) is 9.62 Å². The van der Waals surface area contributed by atoms with Crippen molar-refractivity contribution in [2.24, 2.45) is 5.92 Å². The van der Waals surface area contributed by atoms with Crippen LogP contribution in [-0.4, -0.2) is 32.4 Å². The SMILES string of the molecule is CCNCc1cc(S(=O)(=O)N(C)C(C)CC(C)C)c(C)o1. The van der Waals surface area contributed by atoms with Crippen LogP contribution >= 0.6 is 0 Å². The summed E-state index contributed by atoms with van der Waals surface area (Å²) in [6.45, 7) is 11.2. The molecule has 0 spiro atoms. The van der Waals surface area contributed by atoms with Crippen molar-refractivity contribution in [3.05, 3.63) is 17.6 Å². The lowest BCUT2D eigenvalue weighted by molar-refractivity contribution is 0.337. The molecule has 1 rings (SSSR count). The van der Waals surface area contributed by atoms with Crippen LogP contribution in [0, 0.1) is 12.8 Å². The Balaban J connectivity index is 2.99. The van der Waals surface area contributed by atoms with Gasteiger partial charge in [0.25, 0.3) is 0 Å². The summed E-state index contributed by atoms with van der Waals surface area (Å²) in [7, 11) is -1.87. The van der Waals surface area contributed by atoms with Crippen LogP contribution < -0.4 is 5.32 Å². The summed E-state index contributed by atoms with van der Waals surface area (Å²) in [5.74, 6) is 1.55. The standard InChI is InChI=1S/C15H28N2O3S/c1-7-16-10-14-9-15(13(5)20-14)21(18,19)17(6)12(4)8-11(2)3/h9,11-12,16H,7-8,10H2,1-6H3. The maximum absolute atomic E-state index is 12.7. The van der Waals surface area contributed by atoms with E-state index in [2.05, 4.69) is 19.2 Å². The van der Waals surface area contributed by atoms with E-state index in [4.69, 9.17) is 4.42 Å². The van der Waals surface area contributed by atoms with Gasteiger partial charge in [-0.1, -0.05) is 20.8 Å². The van der Waals surface area contributed by atoms with E-state index in [9.17, 15) is 8.42 Å². The number of nitrogens with zero attached hydrogens (tertiary/aromatic N) is 1. The molecular formula is C15H28N2O3S. The molecule has 1 atom stereocenters. The average Bonchev–Trinajstić information content (AvgIpc) is 2.76. The van der Waals surface area contributed by atoms with E-state index in [0.29, 0.717) is 24.0 Å². The fourth-order valence-corrected chi connectivity index (χ4v) is 3.89. The zero-order valence-electron chi connectivity index (χ0n) is 13.9. The maximum Gasteiger partial charge on any atom is 0.246 e. The Labute approximate surface area is 128 Å². The minimum absolute atomic E-state index is 0.0403. The van der Waals surface area contributed by atoms with Gasteiger partial charge in [-0.25, -0.2) is 8.42 Å². The van der Waals surface area contributed by atoms with E-state index in [1.807, 2.05) is 13.8 Å². The molecule has 5 nitrogen and oxygen atoms in total. The quantitative estimate of drug-likeness (QED) is 0.801. The highest BCUT2D eigenvalue weighted by Gasteiger charge is 2.29. The molecular weight excluding hydrogens is 288 g/mol. The van der Waals surface area contributed by atoms with Crippen molar-refractivity contribution in [3.8, 4) is 0 Å². The summed E-state index contributed by atoms with van der Waals surface area (Å²) in [5, 5.41) is 3.13. The fraction of sp³-hybridized carbons (Fsp3) is 0.733. The predicted octanol–water partition coefficient (Wildman–Crippen LogP) is 2.75. The van der Waals surface area contributed by atoms with Crippen molar-refractivity contribution in [1.29, 1.82) is 0 Å². The van der Waals surface area contributed by atoms with Crippen LogP contribution in [0.1, 0.15) is 45.6 Å². The van der Waals surface area contributed by atoms with Gasteiger partial charge in [-0.15, -0.1) is 0 Å². The van der Waals surface area contributed by atoms with E-state index >= 15 is 0 Å². The highest BCUT2D eigenvalue weighted by Crippen LogP contribution is 2.25. The zero-order chi connectivity index (χ0) is 16.2. The molecule has 0 saturated carbocycles. The Morgan fingerprint density at radius 2 is 1.95 bits per heavy atom. The number of nitrogens with one attached hydrogen (secondary N) is 1. The van der Waals surface area contributed by atoms with Crippen molar-refractivity contribution < 1.29 is 12.8 Å². The molecule has 0 bridgehead atoms. The highest BCUT2D eigenvalue weighted by atomic mass is 32.2. The summed E-state index contributed by atoms with van der Waals surface area (Å²) in [6.07, 6.45) is 0.830. The smallest absolute Gasteiger partial charge is 0.246 e. The summed E-state index contributed by atoms with van der Waals surface area (Å²) in [4.78, 5) is 0.272. The summed E-state index contributed by atoms with van der Waals surface area (Å²) >= 11 is 0. The maximum atomic E-state index is 12.7. The monoisotopic (exact) mass is 316 g/mol. The molecule has 0 aliphatic heterocycles. The van der Waals surface area contributed by atoms with Gasteiger partial charge in [0.1, 0.15) is 16.4 Å². The van der Waals surface area contributed by atoms with E-state index in [-0.39, 0.29) is 10.9 Å². The molecule has 122 valence electrons. The second kappa shape index (κ2) is 7.42. The molecule has 0 saturated heterocycles. The molecule has 0 fully saturated rings. The van der Waals surface area contributed by atoms with Crippen molar-refractivity contribution in [3.63, 3.8) is 0 Å². The number of rotatable bonds is 8.